The van der Waals surface area contributed by atoms with Crippen molar-refractivity contribution in [1.82, 2.24) is 0 Å². The molecule has 0 saturated carbocycles. The standard InChI is InChI=1S/C9H11NOS/c1-6-10(2)9-7(11-6)4-3-5-8(9)12/h3-6,12H,1-2H3. The van der Waals surface area contributed by atoms with Crippen LogP contribution in [0.1, 0.15) is 6.92 Å². The summed E-state index contributed by atoms with van der Waals surface area (Å²) >= 11 is 4.37. The second kappa shape index (κ2) is 2.59. The Labute approximate surface area is 77.5 Å². The van der Waals surface area contributed by atoms with Crippen molar-refractivity contribution in [2.24, 2.45) is 0 Å². The maximum absolute atomic E-state index is 5.58. The van der Waals surface area contributed by atoms with Crippen molar-refractivity contribution in [3.05, 3.63) is 18.2 Å². The van der Waals surface area contributed by atoms with Gasteiger partial charge in [-0.15, -0.1) is 12.6 Å². The van der Waals surface area contributed by atoms with Crippen molar-refractivity contribution >= 4 is 18.3 Å². The van der Waals surface area contributed by atoms with Gasteiger partial charge in [-0.1, -0.05) is 6.07 Å². The third-order valence-corrected chi connectivity index (χ3v) is 2.53. The Hall–Kier alpha value is -0.830. The molecule has 0 aliphatic carbocycles. The summed E-state index contributed by atoms with van der Waals surface area (Å²) in [6.07, 6.45) is 0.119. The van der Waals surface area contributed by atoms with Crippen LogP contribution >= 0.6 is 12.6 Å². The fourth-order valence-electron chi connectivity index (χ4n) is 1.40. The molecule has 12 heavy (non-hydrogen) atoms. The lowest BCUT2D eigenvalue weighted by Crippen LogP contribution is -2.27. The zero-order chi connectivity index (χ0) is 8.72. The van der Waals surface area contributed by atoms with Crippen molar-refractivity contribution in [3.63, 3.8) is 0 Å². The normalized spacial score (nSPS) is 20.6. The van der Waals surface area contributed by atoms with Crippen LogP contribution in [-0.4, -0.2) is 13.3 Å². The Balaban J connectivity index is 2.55. The molecule has 2 rings (SSSR count). The molecule has 1 unspecified atom stereocenters. The van der Waals surface area contributed by atoms with Crippen LogP contribution in [0.5, 0.6) is 5.75 Å². The Morgan fingerprint density at radius 3 is 2.92 bits per heavy atom. The molecule has 0 N–H and O–H groups in total. The second-order valence-electron chi connectivity index (χ2n) is 2.95. The molecule has 0 radical (unpaired) electrons. The maximum atomic E-state index is 5.58. The molecule has 1 heterocycles. The molecule has 1 aliphatic heterocycles. The number of thiol groups is 1. The highest BCUT2D eigenvalue weighted by molar-refractivity contribution is 7.80. The van der Waals surface area contributed by atoms with Crippen LogP contribution in [0.4, 0.5) is 5.69 Å². The van der Waals surface area contributed by atoms with Crippen LogP contribution in [0.25, 0.3) is 0 Å². The summed E-state index contributed by atoms with van der Waals surface area (Å²) in [6, 6.07) is 5.89. The predicted molar refractivity (Wildman–Crippen MR) is 52.2 cm³/mol. The summed E-state index contributed by atoms with van der Waals surface area (Å²) in [6.45, 7) is 2.02. The van der Waals surface area contributed by atoms with Gasteiger partial charge >= 0.3 is 0 Å². The number of hydrogen-bond acceptors (Lipinski definition) is 3. The summed E-state index contributed by atoms with van der Waals surface area (Å²) in [4.78, 5) is 3.05. The lowest BCUT2D eigenvalue weighted by atomic mass is 10.3. The van der Waals surface area contributed by atoms with Crippen LogP contribution < -0.4 is 9.64 Å². The number of hydrogen-bond donors (Lipinski definition) is 1. The molecule has 2 nitrogen and oxygen atoms in total. The quantitative estimate of drug-likeness (QED) is 0.616. The van der Waals surface area contributed by atoms with Crippen LogP contribution in [0.15, 0.2) is 23.1 Å². The van der Waals surface area contributed by atoms with Gasteiger partial charge < -0.3 is 9.64 Å². The second-order valence-corrected chi connectivity index (χ2v) is 3.43. The number of fused-ring (bicyclic) bond motifs is 1. The molecule has 1 aromatic carbocycles. The topological polar surface area (TPSA) is 12.5 Å². The molecule has 1 atom stereocenters. The highest BCUT2D eigenvalue weighted by Gasteiger charge is 2.25. The van der Waals surface area contributed by atoms with Gasteiger partial charge in [-0.3, -0.25) is 0 Å². The molecular formula is C9H11NOS. The van der Waals surface area contributed by atoms with Crippen molar-refractivity contribution in [2.75, 3.05) is 11.9 Å². The molecular weight excluding hydrogens is 170 g/mol. The third kappa shape index (κ3) is 0.966. The number of rotatable bonds is 0. The van der Waals surface area contributed by atoms with Crippen LogP contribution in [-0.2, 0) is 0 Å². The van der Waals surface area contributed by atoms with Gasteiger partial charge in [-0.2, -0.15) is 0 Å². The first-order valence-corrected chi connectivity index (χ1v) is 4.36. The van der Waals surface area contributed by atoms with Gasteiger partial charge in [0.25, 0.3) is 0 Å². The minimum absolute atomic E-state index is 0.119. The molecule has 0 aromatic heterocycles. The van der Waals surface area contributed by atoms with Crippen molar-refractivity contribution in [1.29, 1.82) is 0 Å². The smallest absolute Gasteiger partial charge is 0.169 e. The van der Waals surface area contributed by atoms with Gasteiger partial charge in [-0.25, -0.2) is 0 Å². The summed E-state index contributed by atoms with van der Waals surface area (Å²) in [5.41, 5.74) is 1.09. The lowest BCUT2D eigenvalue weighted by Gasteiger charge is -2.16. The highest BCUT2D eigenvalue weighted by atomic mass is 32.1. The summed E-state index contributed by atoms with van der Waals surface area (Å²) < 4.78 is 5.58. The molecule has 0 amide bonds. The van der Waals surface area contributed by atoms with Gasteiger partial charge in [0.2, 0.25) is 0 Å². The molecule has 1 aromatic rings. The molecule has 1 aliphatic rings. The first-order chi connectivity index (χ1) is 5.70. The highest BCUT2D eigenvalue weighted by Crippen LogP contribution is 2.40. The Morgan fingerprint density at radius 2 is 2.25 bits per heavy atom. The Kier molecular flexibility index (Phi) is 1.68. The summed E-state index contributed by atoms with van der Waals surface area (Å²) in [5, 5.41) is 0. The van der Waals surface area contributed by atoms with E-state index in [4.69, 9.17) is 4.74 Å². The minimum atomic E-state index is 0.119. The molecule has 0 saturated heterocycles. The summed E-state index contributed by atoms with van der Waals surface area (Å²) in [5.74, 6) is 0.928. The number of anilines is 1. The number of benzene rings is 1. The van der Waals surface area contributed by atoms with Crippen LogP contribution in [0.3, 0.4) is 0 Å². The molecule has 64 valence electrons. The van der Waals surface area contributed by atoms with E-state index in [1.165, 1.54) is 0 Å². The van der Waals surface area contributed by atoms with E-state index in [0.29, 0.717) is 0 Å². The van der Waals surface area contributed by atoms with E-state index in [0.717, 1.165) is 16.3 Å². The average Bonchev–Trinajstić information content (AvgIpc) is 2.29. The SMILES string of the molecule is CC1Oc2cccc(S)c2N1C. The Morgan fingerprint density at radius 1 is 1.50 bits per heavy atom. The first-order valence-electron chi connectivity index (χ1n) is 3.91. The zero-order valence-corrected chi connectivity index (χ0v) is 8.01. The van der Waals surface area contributed by atoms with E-state index in [9.17, 15) is 0 Å². The zero-order valence-electron chi connectivity index (χ0n) is 7.11. The van der Waals surface area contributed by atoms with Gasteiger partial charge in [0, 0.05) is 11.9 Å². The molecule has 0 fully saturated rings. The Bertz CT molecular complexity index is 313. The summed E-state index contributed by atoms with van der Waals surface area (Å²) in [7, 11) is 2.01. The monoisotopic (exact) mass is 181 g/mol. The molecule has 0 spiro atoms. The van der Waals surface area contributed by atoms with Crippen molar-refractivity contribution < 1.29 is 4.74 Å². The van der Waals surface area contributed by atoms with E-state index >= 15 is 0 Å². The van der Waals surface area contributed by atoms with Gasteiger partial charge in [0.15, 0.2) is 6.23 Å². The lowest BCUT2D eigenvalue weighted by molar-refractivity contribution is 0.251. The van der Waals surface area contributed by atoms with E-state index in [-0.39, 0.29) is 6.23 Å². The first kappa shape index (κ1) is 7.80. The van der Waals surface area contributed by atoms with E-state index in [2.05, 4.69) is 17.5 Å². The fraction of sp³-hybridized carbons (Fsp3) is 0.333. The number of para-hydroxylation sites is 1. The average molecular weight is 181 g/mol. The third-order valence-electron chi connectivity index (χ3n) is 2.17. The van der Waals surface area contributed by atoms with E-state index in [1.54, 1.807) is 0 Å². The largest absolute Gasteiger partial charge is 0.469 e. The fourth-order valence-corrected chi connectivity index (χ4v) is 1.76. The minimum Gasteiger partial charge on any atom is -0.469 e. The molecule has 3 heteroatoms. The van der Waals surface area contributed by atoms with Gasteiger partial charge in [0.1, 0.15) is 5.75 Å². The van der Waals surface area contributed by atoms with Crippen LogP contribution in [0.2, 0.25) is 0 Å². The van der Waals surface area contributed by atoms with Crippen molar-refractivity contribution in [2.45, 2.75) is 18.0 Å². The molecule has 0 bridgehead atoms. The number of ether oxygens (including phenoxy) is 1. The van der Waals surface area contributed by atoms with Gasteiger partial charge in [-0.05, 0) is 19.1 Å². The van der Waals surface area contributed by atoms with Gasteiger partial charge in [0.05, 0.1) is 5.69 Å². The van der Waals surface area contributed by atoms with E-state index < -0.39 is 0 Å². The van der Waals surface area contributed by atoms with Crippen LogP contribution in [0, 0.1) is 0 Å². The number of nitrogens with zero attached hydrogens (tertiary/aromatic N) is 1. The van der Waals surface area contributed by atoms with Crippen molar-refractivity contribution in [3.8, 4) is 5.75 Å². The van der Waals surface area contributed by atoms with E-state index in [1.807, 2.05) is 32.2 Å². The maximum Gasteiger partial charge on any atom is 0.169 e. The predicted octanol–water partition coefficient (Wildman–Crippen LogP) is 2.15.